The van der Waals surface area contributed by atoms with Gasteiger partial charge in [0.1, 0.15) is 6.10 Å². The fourth-order valence-corrected chi connectivity index (χ4v) is 2.95. The fraction of sp³-hybridized carbons (Fsp3) is 0.600. The van der Waals surface area contributed by atoms with Crippen LogP contribution in [0.25, 0.3) is 0 Å². The zero-order chi connectivity index (χ0) is 12.4. The maximum Gasteiger partial charge on any atom is 0.105 e. The SMILES string of the molecule is CNC1c2ccccc2CCCC1OC1COC1. The van der Waals surface area contributed by atoms with E-state index in [4.69, 9.17) is 9.47 Å². The minimum absolute atomic E-state index is 0.271. The molecule has 1 aromatic rings. The number of hydrogen-bond acceptors (Lipinski definition) is 3. The summed E-state index contributed by atoms with van der Waals surface area (Å²) in [4.78, 5) is 0. The Morgan fingerprint density at radius 3 is 2.83 bits per heavy atom. The van der Waals surface area contributed by atoms with E-state index in [1.165, 1.54) is 17.5 Å². The summed E-state index contributed by atoms with van der Waals surface area (Å²) in [7, 11) is 2.03. The van der Waals surface area contributed by atoms with Crippen molar-refractivity contribution in [2.75, 3.05) is 20.3 Å². The van der Waals surface area contributed by atoms with E-state index < -0.39 is 0 Å². The molecule has 1 aliphatic heterocycles. The van der Waals surface area contributed by atoms with Crippen LogP contribution in [-0.4, -0.2) is 32.5 Å². The third-order valence-electron chi connectivity index (χ3n) is 3.98. The Hall–Kier alpha value is -0.900. The van der Waals surface area contributed by atoms with Gasteiger partial charge in [-0.3, -0.25) is 0 Å². The maximum atomic E-state index is 6.18. The highest BCUT2D eigenvalue weighted by Crippen LogP contribution is 2.31. The Kier molecular flexibility index (Phi) is 3.64. The summed E-state index contributed by atoms with van der Waals surface area (Å²) >= 11 is 0. The number of likely N-dealkylation sites (N-methyl/N-ethyl adjacent to an activating group) is 1. The van der Waals surface area contributed by atoms with Gasteiger partial charge in [-0.2, -0.15) is 0 Å². The van der Waals surface area contributed by atoms with Crippen LogP contribution in [0.3, 0.4) is 0 Å². The van der Waals surface area contributed by atoms with Gasteiger partial charge in [-0.05, 0) is 37.4 Å². The molecule has 0 aromatic heterocycles. The minimum atomic E-state index is 0.271. The van der Waals surface area contributed by atoms with Crippen LogP contribution in [0.4, 0.5) is 0 Å². The summed E-state index contributed by atoms with van der Waals surface area (Å²) < 4.78 is 11.4. The predicted molar refractivity (Wildman–Crippen MR) is 70.7 cm³/mol. The summed E-state index contributed by atoms with van der Waals surface area (Å²) in [5.74, 6) is 0. The summed E-state index contributed by atoms with van der Waals surface area (Å²) in [5.41, 5.74) is 2.87. The van der Waals surface area contributed by atoms with Crippen molar-refractivity contribution in [3.8, 4) is 0 Å². The van der Waals surface area contributed by atoms with E-state index in [0.29, 0.717) is 12.1 Å². The van der Waals surface area contributed by atoms with Crippen molar-refractivity contribution < 1.29 is 9.47 Å². The Labute approximate surface area is 108 Å². The number of benzene rings is 1. The lowest BCUT2D eigenvalue weighted by molar-refractivity contribution is -0.162. The highest BCUT2D eigenvalue weighted by atomic mass is 16.6. The van der Waals surface area contributed by atoms with Crippen molar-refractivity contribution in [2.24, 2.45) is 0 Å². The molecule has 1 aromatic carbocycles. The Bertz CT molecular complexity index is 403. The second-order valence-electron chi connectivity index (χ2n) is 5.19. The fourth-order valence-electron chi connectivity index (χ4n) is 2.95. The molecule has 1 aliphatic carbocycles. The molecule has 0 radical (unpaired) electrons. The van der Waals surface area contributed by atoms with Crippen molar-refractivity contribution in [3.05, 3.63) is 35.4 Å². The van der Waals surface area contributed by atoms with E-state index in [0.717, 1.165) is 26.1 Å². The monoisotopic (exact) mass is 247 g/mol. The van der Waals surface area contributed by atoms with Gasteiger partial charge in [0.15, 0.2) is 0 Å². The second-order valence-corrected chi connectivity index (χ2v) is 5.19. The summed E-state index contributed by atoms with van der Waals surface area (Å²) in [6.45, 7) is 1.52. The largest absolute Gasteiger partial charge is 0.376 e. The van der Waals surface area contributed by atoms with E-state index >= 15 is 0 Å². The quantitative estimate of drug-likeness (QED) is 0.829. The Balaban J connectivity index is 1.82. The van der Waals surface area contributed by atoms with Crippen LogP contribution in [0.15, 0.2) is 24.3 Å². The molecule has 1 fully saturated rings. The van der Waals surface area contributed by atoms with Crippen molar-refractivity contribution >= 4 is 0 Å². The lowest BCUT2D eigenvalue weighted by atomic mass is 9.97. The number of rotatable bonds is 3. The molecule has 2 aliphatic rings. The van der Waals surface area contributed by atoms with Gasteiger partial charge < -0.3 is 14.8 Å². The van der Waals surface area contributed by atoms with Gasteiger partial charge in [-0.1, -0.05) is 24.3 Å². The molecule has 0 bridgehead atoms. The normalized spacial score (nSPS) is 28.3. The molecular weight excluding hydrogens is 226 g/mol. The van der Waals surface area contributed by atoms with Crippen molar-refractivity contribution in [3.63, 3.8) is 0 Å². The van der Waals surface area contributed by atoms with Gasteiger partial charge in [-0.15, -0.1) is 0 Å². The number of aryl methyl sites for hydroxylation is 1. The minimum Gasteiger partial charge on any atom is -0.376 e. The van der Waals surface area contributed by atoms with Crippen LogP contribution in [0, 0.1) is 0 Å². The molecule has 3 nitrogen and oxygen atoms in total. The van der Waals surface area contributed by atoms with Gasteiger partial charge in [0.05, 0.1) is 25.4 Å². The van der Waals surface area contributed by atoms with Crippen LogP contribution in [-0.2, 0) is 15.9 Å². The van der Waals surface area contributed by atoms with E-state index in [9.17, 15) is 0 Å². The van der Waals surface area contributed by atoms with Crippen LogP contribution >= 0.6 is 0 Å². The molecule has 0 spiro atoms. The number of ether oxygens (including phenoxy) is 2. The number of fused-ring (bicyclic) bond motifs is 1. The molecule has 18 heavy (non-hydrogen) atoms. The van der Waals surface area contributed by atoms with Gasteiger partial charge >= 0.3 is 0 Å². The first-order chi connectivity index (χ1) is 8.88. The number of nitrogens with one attached hydrogen (secondary N) is 1. The molecule has 1 saturated heterocycles. The first-order valence-electron chi connectivity index (χ1n) is 6.87. The van der Waals surface area contributed by atoms with E-state index in [-0.39, 0.29) is 6.10 Å². The topological polar surface area (TPSA) is 30.5 Å². The molecule has 3 rings (SSSR count). The van der Waals surface area contributed by atoms with Crippen molar-refractivity contribution in [1.82, 2.24) is 5.32 Å². The van der Waals surface area contributed by atoms with E-state index in [2.05, 4.69) is 29.6 Å². The second kappa shape index (κ2) is 5.39. The third-order valence-corrected chi connectivity index (χ3v) is 3.98. The van der Waals surface area contributed by atoms with E-state index in [1.807, 2.05) is 7.05 Å². The molecule has 3 heteroatoms. The Morgan fingerprint density at radius 2 is 2.11 bits per heavy atom. The summed E-state index contributed by atoms with van der Waals surface area (Å²) in [6, 6.07) is 9.04. The van der Waals surface area contributed by atoms with Gasteiger partial charge in [-0.25, -0.2) is 0 Å². The average Bonchev–Trinajstić information content (AvgIpc) is 2.52. The third kappa shape index (κ3) is 2.30. The molecule has 98 valence electrons. The molecule has 1 heterocycles. The molecular formula is C15H21NO2. The van der Waals surface area contributed by atoms with Gasteiger partial charge in [0.25, 0.3) is 0 Å². The number of hydrogen-bond donors (Lipinski definition) is 1. The smallest absolute Gasteiger partial charge is 0.105 e. The molecule has 2 atom stereocenters. The van der Waals surface area contributed by atoms with Crippen molar-refractivity contribution in [2.45, 2.75) is 37.5 Å². The van der Waals surface area contributed by atoms with Gasteiger partial charge in [0.2, 0.25) is 0 Å². The zero-order valence-corrected chi connectivity index (χ0v) is 10.9. The molecule has 1 N–H and O–H groups in total. The predicted octanol–water partition coefficient (Wildman–Crippen LogP) is 2.07. The summed E-state index contributed by atoms with van der Waals surface area (Å²) in [5, 5.41) is 3.44. The van der Waals surface area contributed by atoms with Crippen LogP contribution in [0.1, 0.15) is 30.0 Å². The van der Waals surface area contributed by atoms with Crippen LogP contribution in [0.5, 0.6) is 0 Å². The zero-order valence-electron chi connectivity index (χ0n) is 10.9. The average molecular weight is 247 g/mol. The molecule has 0 saturated carbocycles. The van der Waals surface area contributed by atoms with Crippen LogP contribution < -0.4 is 5.32 Å². The van der Waals surface area contributed by atoms with Gasteiger partial charge in [0, 0.05) is 0 Å². The lowest BCUT2D eigenvalue weighted by Gasteiger charge is -2.34. The first-order valence-corrected chi connectivity index (χ1v) is 6.87. The highest BCUT2D eigenvalue weighted by Gasteiger charge is 2.31. The lowest BCUT2D eigenvalue weighted by Crippen LogP contribution is -2.42. The van der Waals surface area contributed by atoms with Crippen molar-refractivity contribution in [1.29, 1.82) is 0 Å². The molecule has 2 unspecified atom stereocenters. The summed E-state index contributed by atoms with van der Waals surface area (Å²) in [6.07, 6.45) is 4.06. The first kappa shape index (κ1) is 12.2. The van der Waals surface area contributed by atoms with Crippen LogP contribution in [0.2, 0.25) is 0 Å². The highest BCUT2D eigenvalue weighted by molar-refractivity contribution is 5.32. The molecule has 0 amide bonds. The standard InChI is InChI=1S/C15H21NO2/c1-16-15-13-7-3-2-5-11(13)6-4-8-14(15)18-12-9-17-10-12/h2-3,5,7,12,14-16H,4,6,8-10H2,1H3. The van der Waals surface area contributed by atoms with E-state index in [1.54, 1.807) is 0 Å². The maximum absolute atomic E-state index is 6.18. The Morgan fingerprint density at radius 1 is 1.28 bits per heavy atom.